The molecule has 1 aliphatic rings. The van der Waals surface area contributed by atoms with E-state index in [4.69, 9.17) is 0 Å². The number of likely N-dealkylation sites (tertiary alicyclic amines) is 1. The van der Waals surface area contributed by atoms with Crippen LogP contribution in [0.4, 0.5) is 16.4 Å². The van der Waals surface area contributed by atoms with Crippen molar-refractivity contribution in [3.63, 3.8) is 0 Å². The van der Waals surface area contributed by atoms with Crippen LogP contribution in [0.2, 0.25) is 0 Å². The van der Waals surface area contributed by atoms with Crippen molar-refractivity contribution >= 4 is 29.0 Å². The van der Waals surface area contributed by atoms with E-state index >= 15 is 0 Å². The first-order valence-corrected chi connectivity index (χ1v) is 10.3. The number of thiazole rings is 1. The van der Waals surface area contributed by atoms with E-state index in [2.05, 4.69) is 30.5 Å². The maximum Gasteiger partial charge on any atom is 0.326 e. The smallest absolute Gasteiger partial charge is 0.326 e. The number of piperidine rings is 1. The molecule has 9 heteroatoms. The molecule has 4 heterocycles. The molecule has 0 spiro atoms. The SMILES string of the molecule is O=C(Nc1cccc(CN2CCC(O)CC2)n1)Nc1csc(-c2ccncc2)n1. The van der Waals surface area contributed by atoms with Gasteiger partial charge in [0.1, 0.15) is 16.6 Å². The Morgan fingerprint density at radius 2 is 1.86 bits per heavy atom. The minimum Gasteiger partial charge on any atom is -0.393 e. The minimum atomic E-state index is -0.387. The number of aromatic nitrogens is 3. The molecule has 0 aliphatic carbocycles. The number of rotatable bonds is 5. The van der Waals surface area contributed by atoms with Crippen molar-refractivity contribution in [3.05, 3.63) is 53.8 Å². The molecule has 0 unspecified atom stereocenters. The van der Waals surface area contributed by atoms with E-state index in [0.717, 1.165) is 42.2 Å². The van der Waals surface area contributed by atoms with Gasteiger partial charge in [-0.25, -0.2) is 14.8 Å². The molecule has 0 aromatic carbocycles. The maximum absolute atomic E-state index is 12.3. The van der Waals surface area contributed by atoms with Gasteiger partial charge in [-0.2, -0.15) is 0 Å². The first-order chi connectivity index (χ1) is 14.2. The monoisotopic (exact) mass is 410 g/mol. The lowest BCUT2D eigenvalue weighted by Gasteiger charge is -2.29. The van der Waals surface area contributed by atoms with Gasteiger partial charge in [0.2, 0.25) is 0 Å². The molecule has 0 atom stereocenters. The Balaban J connectivity index is 1.33. The maximum atomic E-state index is 12.3. The normalized spacial score (nSPS) is 15.2. The summed E-state index contributed by atoms with van der Waals surface area (Å²) in [4.78, 5) is 27.5. The number of aliphatic hydroxyl groups is 1. The van der Waals surface area contributed by atoms with E-state index in [9.17, 15) is 9.90 Å². The summed E-state index contributed by atoms with van der Waals surface area (Å²) < 4.78 is 0. The van der Waals surface area contributed by atoms with Gasteiger partial charge in [-0.05, 0) is 37.1 Å². The lowest BCUT2D eigenvalue weighted by atomic mass is 10.1. The van der Waals surface area contributed by atoms with Gasteiger partial charge in [-0.15, -0.1) is 11.3 Å². The van der Waals surface area contributed by atoms with Crippen molar-refractivity contribution in [3.8, 4) is 10.6 Å². The highest BCUT2D eigenvalue weighted by atomic mass is 32.1. The molecular weight excluding hydrogens is 388 g/mol. The molecule has 3 aromatic rings. The Hall–Kier alpha value is -2.88. The van der Waals surface area contributed by atoms with Gasteiger partial charge < -0.3 is 5.11 Å². The third-order valence-corrected chi connectivity index (χ3v) is 5.56. The van der Waals surface area contributed by atoms with Crippen LogP contribution < -0.4 is 10.6 Å². The number of nitrogens with zero attached hydrogens (tertiary/aromatic N) is 4. The van der Waals surface area contributed by atoms with Crippen molar-refractivity contribution < 1.29 is 9.90 Å². The van der Waals surface area contributed by atoms with Crippen molar-refractivity contribution in [2.45, 2.75) is 25.5 Å². The van der Waals surface area contributed by atoms with E-state index in [1.165, 1.54) is 11.3 Å². The number of urea groups is 1. The summed E-state index contributed by atoms with van der Waals surface area (Å²) in [5.41, 5.74) is 1.84. The van der Waals surface area contributed by atoms with Gasteiger partial charge in [0.25, 0.3) is 0 Å². The lowest BCUT2D eigenvalue weighted by Crippen LogP contribution is -2.35. The molecule has 2 amide bonds. The second-order valence-corrected chi connectivity index (χ2v) is 7.73. The molecule has 0 bridgehead atoms. The van der Waals surface area contributed by atoms with Gasteiger partial charge >= 0.3 is 6.03 Å². The van der Waals surface area contributed by atoms with E-state index < -0.39 is 0 Å². The minimum absolute atomic E-state index is 0.194. The number of hydrogen-bond acceptors (Lipinski definition) is 7. The number of carbonyl (C=O) groups excluding carboxylic acids is 1. The third kappa shape index (κ3) is 5.35. The highest BCUT2D eigenvalue weighted by Crippen LogP contribution is 2.25. The van der Waals surface area contributed by atoms with E-state index in [-0.39, 0.29) is 12.1 Å². The molecule has 0 saturated carbocycles. The predicted molar refractivity (Wildman–Crippen MR) is 113 cm³/mol. The van der Waals surface area contributed by atoms with Crippen molar-refractivity contribution in [2.24, 2.45) is 0 Å². The molecule has 8 nitrogen and oxygen atoms in total. The van der Waals surface area contributed by atoms with E-state index in [0.29, 0.717) is 18.2 Å². The van der Waals surface area contributed by atoms with Gasteiger partial charge in [-0.1, -0.05) is 6.07 Å². The fourth-order valence-corrected chi connectivity index (χ4v) is 3.92. The summed E-state index contributed by atoms with van der Waals surface area (Å²) in [7, 11) is 0. The first kappa shape index (κ1) is 19.4. The van der Waals surface area contributed by atoms with Gasteiger partial charge in [0.05, 0.1) is 11.8 Å². The van der Waals surface area contributed by atoms with Crippen LogP contribution in [0.15, 0.2) is 48.1 Å². The number of hydrogen-bond donors (Lipinski definition) is 3. The van der Waals surface area contributed by atoms with Crippen LogP contribution in [-0.4, -0.2) is 50.2 Å². The molecule has 1 saturated heterocycles. The molecular formula is C20H22N6O2S. The van der Waals surface area contributed by atoms with Crippen LogP contribution in [0, 0.1) is 0 Å². The Morgan fingerprint density at radius 3 is 2.66 bits per heavy atom. The number of amides is 2. The predicted octanol–water partition coefficient (Wildman–Crippen LogP) is 3.20. The van der Waals surface area contributed by atoms with E-state index in [1.807, 2.05) is 24.3 Å². The summed E-state index contributed by atoms with van der Waals surface area (Å²) in [5, 5.41) is 17.7. The zero-order chi connectivity index (χ0) is 20.1. The molecule has 3 N–H and O–H groups in total. The van der Waals surface area contributed by atoms with Gasteiger partial charge in [-0.3, -0.25) is 20.5 Å². The van der Waals surface area contributed by atoms with Crippen LogP contribution in [0.3, 0.4) is 0 Å². The third-order valence-electron chi connectivity index (χ3n) is 4.66. The second-order valence-electron chi connectivity index (χ2n) is 6.87. The Labute approximate surface area is 172 Å². The van der Waals surface area contributed by atoms with Crippen molar-refractivity contribution in [1.29, 1.82) is 0 Å². The molecule has 4 rings (SSSR count). The summed E-state index contributed by atoms with van der Waals surface area (Å²) in [6, 6.07) is 8.94. The van der Waals surface area contributed by atoms with Gasteiger partial charge in [0.15, 0.2) is 0 Å². The molecule has 29 heavy (non-hydrogen) atoms. The summed E-state index contributed by atoms with van der Waals surface area (Å²) >= 11 is 1.45. The second kappa shape index (κ2) is 9.08. The average Bonchev–Trinajstić information content (AvgIpc) is 3.19. The molecule has 3 aromatic heterocycles. The summed E-state index contributed by atoms with van der Waals surface area (Å²) in [6.45, 7) is 2.40. The molecule has 150 valence electrons. The fourth-order valence-electron chi connectivity index (χ4n) is 3.17. The summed E-state index contributed by atoms with van der Waals surface area (Å²) in [5.74, 6) is 0.976. The van der Waals surface area contributed by atoms with Crippen LogP contribution in [0.1, 0.15) is 18.5 Å². The molecule has 0 radical (unpaired) electrons. The average molecular weight is 411 g/mol. The van der Waals surface area contributed by atoms with Crippen molar-refractivity contribution in [2.75, 3.05) is 23.7 Å². The highest BCUT2D eigenvalue weighted by molar-refractivity contribution is 7.13. The summed E-state index contributed by atoms with van der Waals surface area (Å²) in [6.07, 6.45) is 4.80. The zero-order valence-corrected chi connectivity index (χ0v) is 16.6. The zero-order valence-electron chi connectivity index (χ0n) is 15.8. The Morgan fingerprint density at radius 1 is 1.10 bits per heavy atom. The first-order valence-electron chi connectivity index (χ1n) is 9.46. The van der Waals surface area contributed by atoms with Crippen LogP contribution >= 0.6 is 11.3 Å². The number of nitrogens with one attached hydrogen (secondary N) is 2. The Bertz CT molecular complexity index is 956. The topological polar surface area (TPSA) is 103 Å². The largest absolute Gasteiger partial charge is 0.393 e. The number of anilines is 2. The molecule has 1 aliphatic heterocycles. The Kier molecular flexibility index (Phi) is 6.09. The fraction of sp³-hybridized carbons (Fsp3) is 0.300. The number of aliphatic hydroxyl groups excluding tert-OH is 1. The van der Waals surface area contributed by atoms with Crippen LogP contribution in [0.5, 0.6) is 0 Å². The highest BCUT2D eigenvalue weighted by Gasteiger charge is 2.17. The van der Waals surface area contributed by atoms with Gasteiger partial charge in [0, 0.05) is 43.0 Å². The number of pyridine rings is 2. The standard InChI is InChI=1S/C20H22N6O2S/c27-16-6-10-26(11-7-16)12-15-2-1-3-17(22-15)24-20(28)25-18-13-29-19(23-18)14-4-8-21-9-5-14/h1-5,8-9,13,16,27H,6-7,10-12H2,(H2,22,24,25,28). The number of carbonyl (C=O) groups is 1. The van der Waals surface area contributed by atoms with Crippen LogP contribution in [-0.2, 0) is 6.54 Å². The van der Waals surface area contributed by atoms with Crippen molar-refractivity contribution in [1.82, 2.24) is 19.9 Å². The molecule has 1 fully saturated rings. The van der Waals surface area contributed by atoms with Crippen LogP contribution in [0.25, 0.3) is 10.6 Å². The lowest BCUT2D eigenvalue weighted by molar-refractivity contribution is 0.0787. The quantitative estimate of drug-likeness (QED) is 0.597. The van der Waals surface area contributed by atoms with E-state index in [1.54, 1.807) is 23.8 Å².